The van der Waals surface area contributed by atoms with Crippen LogP contribution >= 0.6 is 0 Å². The van der Waals surface area contributed by atoms with Crippen molar-refractivity contribution in [1.82, 2.24) is 40.1 Å². The van der Waals surface area contributed by atoms with Crippen molar-refractivity contribution < 1.29 is 4.79 Å². The molecule has 1 amide bonds. The van der Waals surface area contributed by atoms with Crippen LogP contribution in [0.4, 0.5) is 5.82 Å². The molecule has 10 heteroatoms. The van der Waals surface area contributed by atoms with Crippen LogP contribution in [0.25, 0.3) is 5.82 Å². The summed E-state index contributed by atoms with van der Waals surface area (Å²) in [5.74, 6) is 1.15. The van der Waals surface area contributed by atoms with Crippen molar-refractivity contribution in [3.8, 4) is 5.82 Å². The molecule has 0 saturated carbocycles. The molecular formula is C14H17N9O. The van der Waals surface area contributed by atoms with Gasteiger partial charge in [0, 0.05) is 19.3 Å². The number of hydrogen-bond acceptors (Lipinski definition) is 7. The zero-order valence-electron chi connectivity index (χ0n) is 13.1. The molecule has 3 rings (SSSR count). The summed E-state index contributed by atoms with van der Waals surface area (Å²) in [6, 6.07) is 5.54. The van der Waals surface area contributed by atoms with Gasteiger partial charge >= 0.3 is 0 Å². The fraction of sp³-hybridized carbons (Fsp3) is 0.286. The van der Waals surface area contributed by atoms with Gasteiger partial charge in [0.2, 0.25) is 5.91 Å². The number of aryl methyl sites for hydroxylation is 1. The van der Waals surface area contributed by atoms with Gasteiger partial charge < -0.3 is 10.6 Å². The Morgan fingerprint density at radius 2 is 2.12 bits per heavy atom. The van der Waals surface area contributed by atoms with Gasteiger partial charge in [0.05, 0.1) is 5.69 Å². The van der Waals surface area contributed by atoms with Crippen molar-refractivity contribution in [3.05, 3.63) is 42.7 Å². The first-order valence-corrected chi connectivity index (χ1v) is 7.40. The van der Waals surface area contributed by atoms with Crippen LogP contribution in [0.5, 0.6) is 0 Å². The average Bonchev–Trinajstić information content (AvgIpc) is 3.24. The molecule has 0 aliphatic rings. The van der Waals surface area contributed by atoms with E-state index in [1.54, 1.807) is 4.68 Å². The van der Waals surface area contributed by atoms with E-state index in [2.05, 4.69) is 36.0 Å². The van der Waals surface area contributed by atoms with E-state index in [1.807, 2.05) is 31.3 Å². The maximum absolute atomic E-state index is 11.7. The summed E-state index contributed by atoms with van der Waals surface area (Å²) in [4.78, 5) is 15.4. The summed E-state index contributed by atoms with van der Waals surface area (Å²) in [6.45, 7) is 3.07. The molecule has 0 spiro atoms. The SMILES string of the molecule is Cc1ccn(-c2ccc(NCCNC(=O)Cn3cncn3)nn2)n1. The second-order valence-electron chi connectivity index (χ2n) is 5.05. The lowest BCUT2D eigenvalue weighted by atomic mass is 10.4. The van der Waals surface area contributed by atoms with Gasteiger partial charge in [0.1, 0.15) is 25.0 Å². The third-order valence-electron chi connectivity index (χ3n) is 3.13. The zero-order valence-corrected chi connectivity index (χ0v) is 13.1. The molecule has 10 nitrogen and oxygen atoms in total. The molecule has 0 aliphatic carbocycles. The zero-order chi connectivity index (χ0) is 16.8. The van der Waals surface area contributed by atoms with Crippen molar-refractivity contribution in [2.45, 2.75) is 13.5 Å². The Bertz CT molecular complexity index is 779. The Kier molecular flexibility index (Phi) is 4.75. The molecule has 0 aliphatic heterocycles. The molecule has 3 aromatic heterocycles. The Morgan fingerprint density at radius 3 is 2.79 bits per heavy atom. The van der Waals surface area contributed by atoms with Crippen LogP contribution in [0.15, 0.2) is 37.1 Å². The molecule has 0 unspecified atom stereocenters. The van der Waals surface area contributed by atoms with E-state index in [-0.39, 0.29) is 12.5 Å². The quantitative estimate of drug-likeness (QED) is 0.577. The van der Waals surface area contributed by atoms with E-state index in [9.17, 15) is 4.79 Å². The van der Waals surface area contributed by atoms with Crippen LogP contribution in [0.1, 0.15) is 5.69 Å². The Labute approximate surface area is 137 Å². The molecule has 0 aromatic carbocycles. The summed E-state index contributed by atoms with van der Waals surface area (Å²) in [5, 5.41) is 22.2. The fourth-order valence-corrected chi connectivity index (χ4v) is 1.99. The second-order valence-corrected chi connectivity index (χ2v) is 5.05. The summed E-state index contributed by atoms with van der Waals surface area (Å²) < 4.78 is 3.13. The van der Waals surface area contributed by atoms with Gasteiger partial charge in [0.15, 0.2) is 5.82 Å². The minimum absolute atomic E-state index is 0.127. The molecule has 0 fully saturated rings. The number of anilines is 1. The smallest absolute Gasteiger partial charge is 0.241 e. The minimum Gasteiger partial charge on any atom is -0.367 e. The molecule has 124 valence electrons. The Balaban J connectivity index is 1.41. The third kappa shape index (κ3) is 4.12. The van der Waals surface area contributed by atoms with Crippen LogP contribution in [0, 0.1) is 6.92 Å². The molecule has 3 aromatic rings. The van der Waals surface area contributed by atoms with Crippen LogP contribution in [0.2, 0.25) is 0 Å². The number of carbonyl (C=O) groups is 1. The van der Waals surface area contributed by atoms with Crippen molar-refractivity contribution in [1.29, 1.82) is 0 Å². The van der Waals surface area contributed by atoms with E-state index in [4.69, 9.17) is 0 Å². The molecule has 2 N–H and O–H groups in total. The van der Waals surface area contributed by atoms with Crippen LogP contribution in [-0.4, -0.2) is 53.7 Å². The monoisotopic (exact) mass is 327 g/mol. The molecule has 3 heterocycles. The van der Waals surface area contributed by atoms with E-state index in [1.165, 1.54) is 17.3 Å². The van der Waals surface area contributed by atoms with Crippen LogP contribution in [0.3, 0.4) is 0 Å². The van der Waals surface area contributed by atoms with E-state index in [0.29, 0.717) is 24.7 Å². The molecule has 0 atom stereocenters. The Morgan fingerprint density at radius 1 is 1.21 bits per heavy atom. The summed E-state index contributed by atoms with van der Waals surface area (Å²) in [6.07, 6.45) is 4.72. The normalized spacial score (nSPS) is 10.5. The van der Waals surface area contributed by atoms with E-state index >= 15 is 0 Å². The number of rotatable bonds is 7. The fourth-order valence-electron chi connectivity index (χ4n) is 1.99. The topological polar surface area (TPSA) is 115 Å². The third-order valence-corrected chi connectivity index (χ3v) is 3.13. The standard InChI is InChI=1S/C14H17N9O/c1-11-4-7-23(21-11)13-3-2-12(19-20-13)16-5-6-17-14(24)8-22-10-15-9-18-22/h2-4,7,9-10H,5-6,8H2,1H3,(H,16,19)(H,17,24). The first kappa shape index (κ1) is 15.6. The highest BCUT2D eigenvalue weighted by atomic mass is 16.2. The van der Waals surface area contributed by atoms with Gasteiger partial charge in [-0.05, 0) is 25.1 Å². The van der Waals surface area contributed by atoms with Gasteiger partial charge in [-0.1, -0.05) is 0 Å². The highest BCUT2D eigenvalue weighted by Gasteiger charge is 2.03. The maximum atomic E-state index is 11.7. The predicted octanol–water partition coefficient (Wildman–Crippen LogP) is -0.209. The number of aromatic nitrogens is 7. The van der Waals surface area contributed by atoms with Crippen molar-refractivity contribution in [2.24, 2.45) is 0 Å². The molecule has 0 radical (unpaired) electrons. The lowest BCUT2D eigenvalue weighted by molar-refractivity contribution is -0.121. The Hall–Kier alpha value is -3.30. The van der Waals surface area contributed by atoms with Crippen molar-refractivity contribution in [2.75, 3.05) is 18.4 Å². The summed E-state index contributed by atoms with van der Waals surface area (Å²) >= 11 is 0. The van der Waals surface area contributed by atoms with Crippen LogP contribution < -0.4 is 10.6 Å². The largest absolute Gasteiger partial charge is 0.367 e. The number of carbonyl (C=O) groups excluding carboxylic acids is 1. The van der Waals surface area contributed by atoms with Gasteiger partial charge in [-0.25, -0.2) is 14.3 Å². The number of hydrogen-bond donors (Lipinski definition) is 2. The van der Waals surface area contributed by atoms with Gasteiger partial charge in [-0.15, -0.1) is 10.2 Å². The van der Waals surface area contributed by atoms with Crippen LogP contribution in [-0.2, 0) is 11.3 Å². The minimum atomic E-state index is -0.127. The molecule has 0 bridgehead atoms. The number of amides is 1. The van der Waals surface area contributed by atoms with Crippen molar-refractivity contribution in [3.63, 3.8) is 0 Å². The maximum Gasteiger partial charge on any atom is 0.241 e. The number of nitrogens with zero attached hydrogens (tertiary/aromatic N) is 7. The lowest BCUT2D eigenvalue weighted by Gasteiger charge is -2.07. The highest BCUT2D eigenvalue weighted by molar-refractivity contribution is 5.75. The average molecular weight is 327 g/mol. The summed E-state index contributed by atoms with van der Waals surface area (Å²) in [5.41, 5.74) is 0.917. The second kappa shape index (κ2) is 7.31. The van der Waals surface area contributed by atoms with Gasteiger partial charge in [-0.2, -0.15) is 10.2 Å². The highest BCUT2D eigenvalue weighted by Crippen LogP contribution is 2.06. The molecule has 0 saturated heterocycles. The predicted molar refractivity (Wildman–Crippen MR) is 85.4 cm³/mol. The van der Waals surface area contributed by atoms with E-state index < -0.39 is 0 Å². The van der Waals surface area contributed by atoms with Gasteiger partial charge in [0.25, 0.3) is 0 Å². The summed E-state index contributed by atoms with van der Waals surface area (Å²) in [7, 11) is 0. The van der Waals surface area contributed by atoms with Crippen molar-refractivity contribution >= 4 is 11.7 Å². The first-order valence-electron chi connectivity index (χ1n) is 7.40. The first-order chi connectivity index (χ1) is 11.7. The number of nitrogens with one attached hydrogen (secondary N) is 2. The lowest BCUT2D eigenvalue weighted by Crippen LogP contribution is -2.31. The van der Waals surface area contributed by atoms with E-state index in [0.717, 1.165) is 5.69 Å². The van der Waals surface area contributed by atoms with Gasteiger partial charge in [-0.3, -0.25) is 4.79 Å². The molecular weight excluding hydrogens is 310 g/mol. The molecule has 24 heavy (non-hydrogen) atoms.